The van der Waals surface area contributed by atoms with Gasteiger partial charge in [0.15, 0.2) is 5.78 Å². The predicted molar refractivity (Wildman–Crippen MR) is 122 cm³/mol. The van der Waals surface area contributed by atoms with Crippen LogP contribution in [0.5, 0.6) is 5.75 Å². The van der Waals surface area contributed by atoms with Crippen LogP contribution in [0.25, 0.3) is 0 Å². The summed E-state index contributed by atoms with van der Waals surface area (Å²) in [6.07, 6.45) is 1.15. The third-order valence-electron chi connectivity index (χ3n) is 6.04. The van der Waals surface area contributed by atoms with Gasteiger partial charge < -0.3 is 15.4 Å². The Kier molecular flexibility index (Phi) is 5.63. The number of nitrogens with one attached hydrogen (secondary N) is 2. The molecule has 1 heterocycles. The molecule has 0 aromatic heterocycles. The van der Waals surface area contributed by atoms with Crippen molar-refractivity contribution in [2.24, 2.45) is 5.41 Å². The minimum absolute atomic E-state index is 0.0455. The number of Topliss-reactive ketones (excluding diaryl/α,β-unsaturated/α-hetero) is 1. The number of carbonyl (C=O) groups excluding carboxylic acids is 2. The summed E-state index contributed by atoms with van der Waals surface area (Å²) in [5.41, 5.74) is 3.88. The zero-order valence-electron chi connectivity index (χ0n) is 18.7. The van der Waals surface area contributed by atoms with Gasteiger partial charge in [-0.05, 0) is 60.7 Å². The van der Waals surface area contributed by atoms with E-state index in [1.165, 1.54) is 24.3 Å². The maximum Gasteiger partial charge on any atom is 0.254 e. The summed E-state index contributed by atoms with van der Waals surface area (Å²) >= 11 is 0. The molecule has 0 saturated heterocycles. The van der Waals surface area contributed by atoms with Crippen molar-refractivity contribution < 1.29 is 18.7 Å². The molecule has 0 bridgehead atoms. The fraction of sp³-hybridized carbons (Fsp3) is 0.308. The highest BCUT2D eigenvalue weighted by Gasteiger charge is 2.42. The van der Waals surface area contributed by atoms with Crippen LogP contribution in [0, 0.1) is 11.2 Å². The molecule has 1 amide bonds. The van der Waals surface area contributed by atoms with Gasteiger partial charge in [0.2, 0.25) is 0 Å². The normalized spacial score (nSPS) is 19.9. The minimum atomic E-state index is -0.499. The van der Waals surface area contributed by atoms with Crippen LogP contribution < -0.4 is 15.4 Å². The van der Waals surface area contributed by atoms with Crippen molar-refractivity contribution >= 4 is 17.4 Å². The van der Waals surface area contributed by atoms with Crippen LogP contribution in [-0.4, -0.2) is 18.8 Å². The van der Waals surface area contributed by atoms with E-state index in [4.69, 9.17) is 4.74 Å². The molecule has 5 nitrogen and oxygen atoms in total. The Hall–Kier alpha value is -3.41. The van der Waals surface area contributed by atoms with Gasteiger partial charge in [-0.2, -0.15) is 0 Å². The van der Waals surface area contributed by atoms with Gasteiger partial charge in [0.05, 0.1) is 7.11 Å². The molecule has 2 aromatic carbocycles. The lowest BCUT2D eigenvalue weighted by Crippen LogP contribution is -2.39. The number of benzene rings is 2. The molecule has 1 aliphatic heterocycles. The summed E-state index contributed by atoms with van der Waals surface area (Å²) < 4.78 is 18.6. The highest BCUT2D eigenvalue weighted by Crippen LogP contribution is 2.46. The van der Waals surface area contributed by atoms with Crippen molar-refractivity contribution in [3.63, 3.8) is 0 Å². The van der Waals surface area contributed by atoms with Crippen LogP contribution in [0.15, 0.2) is 71.1 Å². The van der Waals surface area contributed by atoms with Gasteiger partial charge in [-0.1, -0.05) is 26.0 Å². The van der Waals surface area contributed by atoms with Gasteiger partial charge >= 0.3 is 0 Å². The fourth-order valence-corrected chi connectivity index (χ4v) is 4.60. The molecule has 1 aliphatic carbocycles. The smallest absolute Gasteiger partial charge is 0.254 e. The molecule has 4 rings (SSSR count). The van der Waals surface area contributed by atoms with Crippen molar-refractivity contribution in [3.05, 3.63) is 82.5 Å². The monoisotopic (exact) mass is 434 g/mol. The Labute approximate surface area is 187 Å². The molecule has 0 radical (unpaired) electrons. The van der Waals surface area contributed by atoms with Crippen LogP contribution in [-0.2, 0) is 9.59 Å². The number of methoxy groups -OCH3 is 1. The number of rotatable bonds is 4. The van der Waals surface area contributed by atoms with E-state index in [1.54, 1.807) is 7.11 Å². The average molecular weight is 435 g/mol. The van der Waals surface area contributed by atoms with E-state index in [2.05, 4.69) is 24.5 Å². The van der Waals surface area contributed by atoms with Gasteiger partial charge in [0.25, 0.3) is 5.91 Å². The largest absolute Gasteiger partial charge is 0.497 e. The van der Waals surface area contributed by atoms with Crippen LogP contribution in [0.1, 0.15) is 45.1 Å². The van der Waals surface area contributed by atoms with E-state index in [-0.39, 0.29) is 22.9 Å². The molecule has 0 spiro atoms. The summed E-state index contributed by atoms with van der Waals surface area (Å²) in [5, 5.41) is 6.20. The number of allylic oxidation sites excluding steroid dienone is 3. The lowest BCUT2D eigenvalue weighted by atomic mass is 9.68. The number of dihydropyridines is 1. The number of ether oxygens (including phenoxy) is 1. The molecule has 6 heteroatoms. The second-order valence-electron chi connectivity index (χ2n) is 9.16. The second kappa shape index (κ2) is 8.26. The molecule has 2 aromatic rings. The highest BCUT2D eigenvalue weighted by molar-refractivity contribution is 6.09. The van der Waals surface area contributed by atoms with Crippen molar-refractivity contribution in [1.29, 1.82) is 0 Å². The van der Waals surface area contributed by atoms with Gasteiger partial charge in [-0.25, -0.2) is 4.39 Å². The predicted octanol–water partition coefficient (Wildman–Crippen LogP) is 5.08. The third-order valence-corrected chi connectivity index (χ3v) is 6.04. The van der Waals surface area contributed by atoms with Crippen LogP contribution >= 0.6 is 0 Å². The summed E-state index contributed by atoms with van der Waals surface area (Å²) in [4.78, 5) is 26.7. The molecule has 166 valence electrons. The van der Waals surface area contributed by atoms with Crippen LogP contribution in [0.3, 0.4) is 0 Å². The molecular weight excluding hydrogens is 407 g/mol. The zero-order valence-corrected chi connectivity index (χ0v) is 18.7. The summed E-state index contributed by atoms with van der Waals surface area (Å²) in [6, 6.07) is 13.1. The standard InChI is InChI=1S/C26H27FN2O3/c1-15-22(25(31)29-18-9-7-17(27)8-10-18)23(16-5-11-19(32-4)12-6-16)24-20(28-15)13-26(2,3)14-21(24)30/h5-12,23,28H,13-14H2,1-4H3,(H,29,31)/t23-/m1/s1. The number of halogens is 1. The maximum atomic E-state index is 13.4. The van der Waals surface area contributed by atoms with E-state index in [1.807, 2.05) is 31.2 Å². The highest BCUT2D eigenvalue weighted by atomic mass is 19.1. The first-order chi connectivity index (χ1) is 15.2. The third kappa shape index (κ3) is 4.17. The van der Waals surface area contributed by atoms with Gasteiger partial charge in [0.1, 0.15) is 11.6 Å². The molecule has 1 atom stereocenters. The molecule has 2 N–H and O–H groups in total. The molecule has 0 fully saturated rings. The number of ketones is 1. The van der Waals surface area contributed by atoms with Crippen LogP contribution in [0.4, 0.5) is 10.1 Å². The summed E-state index contributed by atoms with van der Waals surface area (Å²) in [5.74, 6) is -0.456. The lowest BCUT2D eigenvalue weighted by Gasteiger charge is -2.39. The number of carbonyl (C=O) groups is 2. The Bertz CT molecular complexity index is 1130. The van der Waals surface area contributed by atoms with E-state index in [0.29, 0.717) is 34.7 Å². The topological polar surface area (TPSA) is 67.4 Å². The van der Waals surface area contributed by atoms with Crippen molar-refractivity contribution in [3.8, 4) is 5.75 Å². The van der Waals surface area contributed by atoms with E-state index < -0.39 is 5.92 Å². The van der Waals surface area contributed by atoms with Crippen LogP contribution in [0.2, 0.25) is 0 Å². The number of hydrogen-bond donors (Lipinski definition) is 2. The van der Waals surface area contributed by atoms with Gasteiger partial charge in [0, 0.05) is 40.6 Å². The first kappa shape index (κ1) is 21.8. The SMILES string of the molecule is COc1ccc([C@@H]2C(C(=O)Nc3ccc(F)cc3)=C(C)NC3=C2C(=O)CC(C)(C)C3)cc1. The maximum absolute atomic E-state index is 13.4. The lowest BCUT2D eigenvalue weighted by molar-refractivity contribution is -0.118. The van der Waals surface area contributed by atoms with Gasteiger partial charge in [-0.15, -0.1) is 0 Å². The van der Waals surface area contributed by atoms with E-state index >= 15 is 0 Å². The van der Waals surface area contributed by atoms with Gasteiger partial charge in [-0.3, -0.25) is 9.59 Å². The molecular formula is C26H27FN2O3. The number of anilines is 1. The Morgan fingerprint density at radius 3 is 2.38 bits per heavy atom. The molecule has 0 unspecified atom stereocenters. The van der Waals surface area contributed by atoms with Crippen molar-refractivity contribution in [1.82, 2.24) is 5.32 Å². The molecule has 32 heavy (non-hydrogen) atoms. The van der Waals surface area contributed by atoms with E-state index in [9.17, 15) is 14.0 Å². The number of hydrogen-bond acceptors (Lipinski definition) is 4. The molecule has 2 aliphatic rings. The Morgan fingerprint density at radius 1 is 1.09 bits per heavy atom. The summed E-state index contributed by atoms with van der Waals surface area (Å²) in [6.45, 7) is 6.01. The van der Waals surface area contributed by atoms with Crippen molar-refractivity contribution in [2.45, 2.75) is 39.5 Å². The van der Waals surface area contributed by atoms with E-state index in [0.717, 1.165) is 17.7 Å². The fourth-order valence-electron chi connectivity index (χ4n) is 4.60. The first-order valence-corrected chi connectivity index (χ1v) is 10.6. The quantitative estimate of drug-likeness (QED) is 0.705. The summed E-state index contributed by atoms with van der Waals surface area (Å²) in [7, 11) is 1.60. The average Bonchev–Trinajstić information content (AvgIpc) is 2.73. The second-order valence-corrected chi connectivity index (χ2v) is 9.16. The molecule has 0 saturated carbocycles. The Morgan fingerprint density at radius 2 is 1.75 bits per heavy atom. The number of amides is 1. The van der Waals surface area contributed by atoms with Crippen molar-refractivity contribution in [2.75, 3.05) is 12.4 Å². The Balaban J connectivity index is 1.79. The first-order valence-electron chi connectivity index (χ1n) is 10.6. The zero-order chi connectivity index (χ0) is 23.0. The minimum Gasteiger partial charge on any atom is -0.497 e.